The van der Waals surface area contributed by atoms with E-state index in [4.69, 9.17) is 0 Å². The fraction of sp³-hybridized carbons (Fsp3) is 0.438. The summed E-state index contributed by atoms with van der Waals surface area (Å²) in [6.07, 6.45) is 4.31. The van der Waals surface area contributed by atoms with Crippen molar-refractivity contribution in [3.63, 3.8) is 0 Å². The number of aromatic nitrogens is 2. The average molecular weight is 442 g/mol. The number of hydrogen-bond acceptors (Lipinski definition) is 2. The normalized spacial score (nSPS) is 12.3. The van der Waals surface area contributed by atoms with Crippen molar-refractivity contribution >= 4 is 10.1 Å². The van der Waals surface area contributed by atoms with Gasteiger partial charge in [-0.05, 0) is 0 Å². The summed E-state index contributed by atoms with van der Waals surface area (Å²) in [5.41, 5.74) is 2.46. The third-order valence-electron chi connectivity index (χ3n) is 2.98. The van der Waals surface area contributed by atoms with E-state index in [9.17, 15) is 4.79 Å². The molecular formula is C16H22N2OW. The molecule has 1 aromatic heterocycles. The van der Waals surface area contributed by atoms with Crippen LogP contribution in [0.5, 0.6) is 0 Å². The maximum atomic E-state index is 12.6. The van der Waals surface area contributed by atoms with Gasteiger partial charge in [-0.3, -0.25) is 0 Å². The second kappa shape index (κ2) is 6.58. The first-order valence-electron chi connectivity index (χ1n) is 6.58. The van der Waals surface area contributed by atoms with Crippen molar-refractivity contribution in [3.8, 4) is 0 Å². The Kier molecular flexibility index (Phi) is 5.58. The predicted molar refractivity (Wildman–Crippen MR) is 81.7 cm³/mol. The number of nitrogens with zero attached hydrogens (tertiary/aromatic N) is 2. The van der Waals surface area contributed by atoms with E-state index in [1.54, 1.807) is 10.6 Å². The second-order valence-electron chi connectivity index (χ2n) is 6.06. The van der Waals surface area contributed by atoms with Crippen molar-refractivity contribution in [2.24, 2.45) is 5.41 Å². The van der Waals surface area contributed by atoms with Crippen LogP contribution in [-0.2, 0) is 25.8 Å². The molecule has 0 bridgehead atoms. The van der Waals surface area contributed by atoms with Gasteiger partial charge in [-0.1, -0.05) is 0 Å². The van der Waals surface area contributed by atoms with E-state index in [0.717, 1.165) is 23.6 Å². The summed E-state index contributed by atoms with van der Waals surface area (Å²) >= 11 is 1.29. The molecule has 108 valence electrons. The summed E-state index contributed by atoms with van der Waals surface area (Å²) < 4.78 is 3.72. The van der Waals surface area contributed by atoms with E-state index in [-0.39, 0.29) is 11.0 Å². The summed E-state index contributed by atoms with van der Waals surface area (Å²) in [4.78, 5) is 17.3. The average Bonchev–Trinajstić information content (AvgIpc) is 2.33. The van der Waals surface area contributed by atoms with Crippen molar-refractivity contribution in [2.45, 2.75) is 41.0 Å². The zero-order valence-corrected chi connectivity index (χ0v) is 15.8. The van der Waals surface area contributed by atoms with Crippen molar-refractivity contribution in [1.29, 1.82) is 0 Å². The Balaban J connectivity index is 3.66. The molecule has 3 nitrogen and oxygen atoms in total. The Hall–Kier alpha value is -1.08. The Bertz CT molecular complexity index is 619. The van der Waals surface area contributed by atoms with Gasteiger partial charge in [0.15, 0.2) is 0 Å². The molecule has 20 heavy (non-hydrogen) atoms. The summed E-state index contributed by atoms with van der Waals surface area (Å²) in [7, 11) is 0. The summed E-state index contributed by atoms with van der Waals surface area (Å²) in [6, 6.07) is 0. The molecule has 0 amide bonds. The SMILES string of the molecule is C=C/C=C(\[CH]=[W])n1c(CC(C)(C)C)nc(C)c(C)c1=O. The Morgan fingerprint density at radius 2 is 2.00 bits per heavy atom. The summed E-state index contributed by atoms with van der Waals surface area (Å²) in [5.74, 6) is 0.816. The molecule has 1 rings (SSSR count). The molecular weight excluding hydrogens is 420 g/mol. The van der Waals surface area contributed by atoms with Gasteiger partial charge in [0, 0.05) is 0 Å². The van der Waals surface area contributed by atoms with E-state index >= 15 is 0 Å². The van der Waals surface area contributed by atoms with Crippen LogP contribution in [0.4, 0.5) is 0 Å². The van der Waals surface area contributed by atoms with Gasteiger partial charge in [0.05, 0.1) is 0 Å². The maximum absolute atomic E-state index is 12.6. The Morgan fingerprint density at radius 3 is 2.45 bits per heavy atom. The van der Waals surface area contributed by atoms with E-state index in [1.807, 2.05) is 24.3 Å². The second-order valence-corrected chi connectivity index (χ2v) is 6.91. The molecule has 0 saturated carbocycles. The van der Waals surface area contributed by atoms with Crippen molar-refractivity contribution in [2.75, 3.05) is 0 Å². The third-order valence-corrected chi connectivity index (χ3v) is 3.85. The molecule has 0 aliphatic rings. The molecule has 0 fully saturated rings. The van der Waals surface area contributed by atoms with Crippen LogP contribution >= 0.6 is 0 Å². The zero-order valence-electron chi connectivity index (χ0n) is 12.9. The van der Waals surface area contributed by atoms with Crippen LogP contribution in [0.15, 0.2) is 23.5 Å². The first kappa shape index (κ1) is 17.0. The van der Waals surface area contributed by atoms with Gasteiger partial charge >= 0.3 is 132 Å². The summed E-state index contributed by atoms with van der Waals surface area (Å²) in [5, 5.41) is 0. The molecule has 4 heteroatoms. The Morgan fingerprint density at radius 1 is 1.40 bits per heavy atom. The molecule has 0 aliphatic carbocycles. The minimum absolute atomic E-state index is 0.0161. The molecule has 0 aromatic carbocycles. The van der Waals surface area contributed by atoms with E-state index in [1.165, 1.54) is 19.4 Å². The molecule has 0 unspecified atom stereocenters. The number of allylic oxidation sites excluding steroid dienone is 3. The van der Waals surface area contributed by atoms with Crippen molar-refractivity contribution in [3.05, 3.63) is 46.2 Å². The van der Waals surface area contributed by atoms with Gasteiger partial charge in [0.2, 0.25) is 0 Å². The number of hydrogen-bond donors (Lipinski definition) is 0. The molecule has 0 spiro atoms. The molecule has 0 saturated heterocycles. The number of rotatable bonds is 4. The molecule has 1 heterocycles. The van der Waals surface area contributed by atoms with Gasteiger partial charge in [0.1, 0.15) is 0 Å². The topological polar surface area (TPSA) is 34.9 Å². The Labute approximate surface area is 131 Å². The fourth-order valence-electron chi connectivity index (χ4n) is 1.91. The molecule has 0 radical (unpaired) electrons. The monoisotopic (exact) mass is 442 g/mol. The van der Waals surface area contributed by atoms with E-state index in [0.29, 0.717) is 5.56 Å². The van der Waals surface area contributed by atoms with Gasteiger partial charge in [-0.2, -0.15) is 0 Å². The first-order valence-corrected chi connectivity index (χ1v) is 8.28. The van der Waals surface area contributed by atoms with Gasteiger partial charge in [-0.15, -0.1) is 0 Å². The van der Waals surface area contributed by atoms with Crippen molar-refractivity contribution in [1.82, 2.24) is 9.55 Å². The number of aryl methyl sites for hydroxylation is 1. The molecule has 0 aliphatic heterocycles. The van der Waals surface area contributed by atoms with Crippen LogP contribution in [0.3, 0.4) is 0 Å². The molecule has 0 N–H and O–H groups in total. The predicted octanol–water partition coefficient (Wildman–Crippen LogP) is 2.82. The standard InChI is InChI=1S/C16H22N2O.W/c1-8-9-11(2)18-14(10-16(5,6)7)17-13(4)12(3)15(18)19;/h2,8-9H,1,10H2,3-7H3;/b11-9+;. The van der Waals surface area contributed by atoms with Gasteiger partial charge < -0.3 is 0 Å². The van der Waals surface area contributed by atoms with Crippen LogP contribution in [-0.4, -0.2) is 14.0 Å². The van der Waals surface area contributed by atoms with Crippen LogP contribution in [0.2, 0.25) is 0 Å². The van der Waals surface area contributed by atoms with Crippen LogP contribution in [0.1, 0.15) is 37.9 Å². The molecule has 1 aromatic rings. The van der Waals surface area contributed by atoms with Crippen LogP contribution in [0.25, 0.3) is 5.70 Å². The van der Waals surface area contributed by atoms with Crippen LogP contribution < -0.4 is 5.56 Å². The molecule has 0 atom stereocenters. The van der Waals surface area contributed by atoms with E-state index < -0.39 is 0 Å². The van der Waals surface area contributed by atoms with Gasteiger partial charge in [-0.25, -0.2) is 0 Å². The first-order chi connectivity index (χ1) is 9.21. The quantitative estimate of drug-likeness (QED) is 0.673. The van der Waals surface area contributed by atoms with Gasteiger partial charge in [0.25, 0.3) is 0 Å². The van der Waals surface area contributed by atoms with Crippen molar-refractivity contribution < 1.29 is 19.4 Å². The minimum atomic E-state index is 0.0161. The van der Waals surface area contributed by atoms with Crippen LogP contribution in [0, 0.1) is 19.3 Å². The zero-order chi connectivity index (χ0) is 15.5. The fourth-order valence-corrected chi connectivity index (χ4v) is 2.57. The summed E-state index contributed by atoms with van der Waals surface area (Å²) in [6.45, 7) is 13.9. The third kappa shape index (κ3) is 3.96. The van der Waals surface area contributed by atoms with E-state index in [2.05, 4.69) is 32.3 Å².